The average molecular weight is 273 g/mol. The average Bonchev–Trinajstić information content (AvgIpc) is 2.88. The fraction of sp³-hybridized carbons (Fsp3) is 0.267. The minimum atomic E-state index is -0.853. The van der Waals surface area contributed by atoms with Gasteiger partial charge in [-0.15, -0.1) is 11.3 Å². The molecule has 2 heterocycles. The third-order valence-corrected chi connectivity index (χ3v) is 4.50. The number of aryl methyl sites for hydroxylation is 1. The van der Waals surface area contributed by atoms with E-state index in [-0.39, 0.29) is 0 Å². The van der Waals surface area contributed by atoms with E-state index in [9.17, 15) is 4.79 Å². The van der Waals surface area contributed by atoms with Crippen molar-refractivity contribution in [1.29, 1.82) is 0 Å². The van der Waals surface area contributed by atoms with Crippen molar-refractivity contribution in [1.82, 2.24) is 0 Å². The van der Waals surface area contributed by atoms with Crippen molar-refractivity contribution in [3.05, 3.63) is 46.2 Å². The largest absolute Gasteiger partial charge is 0.477 e. The van der Waals surface area contributed by atoms with Gasteiger partial charge in [0, 0.05) is 17.1 Å². The fourth-order valence-electron chi connectivity index (χ4n) is 2.65. The number of carboxylic acid groups (broad SMARTS) is 1. The summed E-state index contributed by atoms with van der Waals surface area (Å²) in [5, 5.41) is 11.0. The molecule has 0 spiro atoms. The number of anilines is 2. The van der Waals surface area contributed by atoms with Gasteiger partial charge in [-0.05, 0) is 37.5 Å². The van der Waals surface area contributed by atoms with Gasteiger partial charge in [-0.25, -0.2) is 4.79 Å². The Hall–Kier alpha value is -1.81. The molecular formula is C15H15NO2S. The van der Waals surface area contributed by atoms with Crippen LogP contribution in [0.25, 0.3) is 0 Å². The molecule has 98 valence electrons. The van der Waals surface area contributed by atoms with Crippen LogP contribution in [0.15, 0.2) is 35.7 Å². The van der Waals surface area contributed by atoms with E-state index >= 15 is 0 Å². The highest BCUT2D eigenvalue weighted by Crippen LogP contribution is 2.38. The van der Waals surface area contributed by atoms with E-state index in [4.69, 9.17) is 5.11 Å². The van der Waals surface area contributed by atoms with Crippen LogP contribution in [-0.2, 0) is 6.42 Å². The number of hydrogen-bond acceptors (Lipinski definition) is 3. The summed E-state index contributed by atoms with van der Waals surface area (Å²) in [5.41, 5.74) is 3.53. The monoisotopic (exact) mass is 273 g/mol. The standard InChI is InChI=1S/C15H15NO2S/c1-10-6-7-11-4-2-3-5-13(11)16(10)12-8-14(15(17)18)19-9-12/h2-5,8-10H,6-7H2,1H3,(H,17,18). The predicted molar refractivity (Wildman–Crippen MR) is 77.6 cm³/mol. The lowest BCUT2D eigenvalue weighted by Crippen LogP contribution is -2.32. The third-order valence-electron chi connectivity index (χ3n) is 3.60. The fourth-order valence-corrected chi connectivity index (χ4v) is 3.37. The maximum Gasteiger partial charge on any atom is 0.345 e. The smallest absolute Gasteiger partial charge is 0.345 e. The number of carboxylic acids is 1. The van der Waals surface area contributed by atoms with Crippen LogP contribution in [0.1, 0.15) is 28.6 Å². The number of para-hydroxylation sites is 1. The molecule has 0 radical (unpaired) electrons. The van der Waals surface area contributed by atoms with Gasteiger partial charge in [0.25, 0.3) is 0 Å². The molecule has 0 saturated heterocycles. The summed E-state index contributed by atoms with van der Waals surface area (Å²) in [7, 11) is 0. The van der Waals surface area contributed by atoms with Gasteiger partial charge >= 0.3 is 5.97 Å². The van der Waals surface area contributed by atoms with Crippen LogP contribution >= 0.6 is 11.3 Å². The molecule has 0 bridgehead atoms. The lowest BCUT2D eigenvalue weighted by Gasteiger charge is -2.36. The first-order chi connectivity index (χ1) is 9.16. The molecule has 3 rings (SSSR count). The van der Waals surface area contributed by atoms with E-state index in [1.807, 2.05) is 11.4 Å². The number of benzene rings is 1. The lowest BCUT2D eigenvalue weighted by molar-refractivity contribution is 0.0702. The van der Waals surface area contributed by atoms with Crippen molar-refractivity contribution in [3.63, 3.8) is 0 Å². The topological polar surface area (TPSA) is 40.5 Å². The molecule has 0 fully saturated rings. The highest BCUT2D eigenvalue weighted by atomic mass is 32.1. The molecule has 1 aliphatic rings. The molecule has 1 N–H and O–H groups in total. The Balaban J connectivity index is 2.05. The molecule has 0 amide bonds. The number of rotatable bonds is 2. The number of nitrogens with zero attached hydrogens (tertiary/aromatic N) is 1. The number of fused-ring (bicyclic) bond motifs is 1. The quantitative estimate of drug-likeness (QED) is 0.901. The maximum atomic E-state index is 11.0. The van der Waals surface area contributed by atoms with Gasteiger partial charge in [0.1, 0.15) is 4.88 Å². The highest BCUT2D eigenvalue weighted by Gasteiger charge is 2.25. The normalized spacial score (nSPS) is 18.2. The van der Waals surface area contributed by atoms with E-state index in [0.29, 0.717) is 10.9 Å². The zero-order valence-electron chi connectivity index (χ0n) is 10.7. The molecule has 19 heavy (non-hydrogen) atoms. The third kappa shape index (κ3) is 2.12. The Kier molecular flexibility index (Phi) is 3.03. The first-order valence-electron chi connectivity index (χ1n) is 6.36. The van der Waals surface area contributed by atoms with Crippen molar-refractivity contribution in [2.45, 2.75) is 25.8 Å². The molecule has 2 aromatic rings. The first kappa shape index (κ1) is 12.2. The SMILES string of the molecule is CC1CCc2ccccc2N1c1csc(C(=O)O)c1. The number of carbonyl (C=O) groups is 1. The number of aromatic carboxylic acids is 1. The Labute approximate surface area is 116 Å². The summed E-state index contributed by atoms with van der Waals surface area (Å²) < 4.78 is 0. The summed E-state index contributed by atoms with van der Waals surface area (Å²) in [4.78, 5) is 13.7. The molecule has 4 heteroatoms. The van der Waals surface area contributed by atoms with Crippen LogP contribution in [0.3, 0.4) is 0 Å². The summed E-state index contributed by atoms with van der Waals surface area (Å²) in [5.74, 6) is -0.853. The second kappa shape index (κ2) is 4.70. The predicted octanol–water partition coefficient (Wildman–Crippen LogP) is 3.92. The molecular weight excluding hydrogens is 258 g/mol. The Morgan fingerprint density at radius 2 is 2.21 bits per heavy atom. The Bertz CT molecular complexity index is 620. The van der Waals surface area contributed by atoms with E-state index in [1.165, 1.54) is 22.6 Å². The van der Waals surface area contributed by atoms with Crippen molar-refractivity contribution in [2.75, 3.05) is 4.90 Å². The van der Waals surface area contributed by atoms with E-state index in [0.717, 1.165) is 18.5 Å². The summed E-state index contributed by atoms with van der Waals surface area (Å²) in [6.07, 6.45) is 2.18. The Morgan fingerprint density at radius 3 is 2.95 bits per heavy atom. The summed E-state index contributed by atoms with van der Waals surface area (Å²) in [6, 6.07) is 10.5. The van der Waals surface area contributed by atoms with Crippen molar-refractivity contribution >= 4 is 28.7 Å². The first-order valence-corrected chi connectivity index (χ1v) is 7.24. The van der Waals surface area contributed by atoms with Crippen LogP contribution in [0.4, 0.5) is 11.4 Å². The van der Waals surface area contributed by atoms with Gasteiger partial charge in [-0.3, -0.25) is 0 Å². The Morgan fingerprint density at radius 1 is 1.42 bits per heavy atom. The molecule has 1 aromatic carbocycles. The number of thiophene rings is 1. The maximum absolute atomic E-state index is 11.0. The number of hydrogen-bond donors (Lipinski definition) is 1. The lowest BCUT2D eigenvalue weighted by atomic mass is 9.96. The molecule has 0 saturated carbocycles. The van der Waals surface area contributed by atoms with Crippen molar-refractivity contribution in [3.8, 4) is 0 Å². The van der Waals surface area contributed by atoms with Crippen molar-refractivity contribution in [2.24, 2.45) is 0 Å². The molecule has 3 nitrogen and oxygen atoms in total. The highest BCUT2D eigenvalue weighted by molar-refractivity contribution is 7.12. The van der Waals surface area contributed by atoms with E-state index in [2.05, 4.69) is 30.0 Å². The summed E-state index contributed by atoms with van der Waals surface area (Å²) >= 11 is 1.29. The van der Waals surface area contributed by atoms with Gasteiger partial charge in [0.15, 0.2) is 0 Å². The van der Waals surface area contributed by atoms with Gasteiger partial charge in [0.2, 0.25) is 0 Å². The minimum absolute atomic E-state index is 0.394. The minimum Gasteiger partial charge on any atom is -0.477 e. The van der Waals surface area contributed by atoms with Gasteiger partial charge in [-0.2, -0.15) is 0 Å². The molecule has 1 aromatic heterocycles. The van der Waals surface area contributed by atoms with Gasteiger partial charge in [-0.1, -0.05) is 18.2 Å². The van der Waals surface area contributed by atoms with Crippen LogP contribution in [-0.4, -0.2) is 17.1 Å². The van der Waals surface area contributed by atoms with Crippen LogP contribution in [0.2, 0.25) is 0 Å². The van der Waals surface area contributed by atoms with Crippen LogP contribution < -0.4 is 4.90 Å². The van der Waals surface area contributed by atoms with E-state index in [1.54, 1.807) is 6.07 Å². The second-order valence-corrected chi connectivity index (χ2v) is 5.77. The van der Waals surface area contributed by atoms with Crippen molar-refractivity contribution < 1.29 is 9.90 Å². The van der Waals surface area contributed by atoms with Gasteiger partial charge in [0.05, 0.1) is 5.69 Å². The molecule has 0 aliphatic carbocycles. The zero-order chi connectivity index (χ0) is 13.4. The molecule has 1 aliphatic heterocycles. The zero-order valence-corrected chi connectivity index (χ0v) is 11.5. The second-order valence-electron chi connectivity index (χ2n) is 4.86. The van der Waals surface area contributed by atoms with Crippen LogP contribution in [0.5, 0.6) is 0 Å². The molecule has 1 unspecified atom stereocenters. The van der Waals surface area contributed by atoms with Gasteiger partial charge < -0.3 is 10.0 Å². The van der Waals surface area contributed by atoms with E-state index < -0.39 is 5.97 Å². The molecule has 1 atom stereocenters. The summed E-state index contributed by atoms with van der Waals surface area (Å²) in [6.45, 7) is 2.19. The van der Waals surface area contributed by atoms with Crippen LogP contribution in [0, 0.1) is 0 Å².